The number of methoxy groups -OCH3 is 1. The zero-order chi connectivity index (χ0) is 13.7. The lowest BCUT2D eigenvalue weighted by Gasteiger charge is -2.09. The van der Waals surface area contributed by atoms with Gasteiger partial charge in [0.1, 0.15) is 5.75 Å². The third kappa shape index (κ3) is 3.78. The summed E-state index contributed by atoms with van der Waals surface area (Å²) >= 11 is 4.90. The van der Waals surface area contributed by atoms with E-state index in [9.17, 15) is 4.79 Å². The summed E-state index contributed by atoms with van der Waals surface area (Å²) in [7, 11) is 1.55. The van der Waals surface area contributed by atoms with Gasteiger partial charge in [-0.05, 0) is 18.2 Å². The van der Waals surface area contributed by atoms with Crippen LogP contribution in [-0.2, 0) is 6.42 Å². The minimum Gasteiger partial charge on any atom is -0.496 e. The van der Waals surface area contributed by atoms with Crippen LogP contribution in [0.25, 0.3) is 0 Å². The molecular formula is C13H13BrN2O2S. The number of rotatable bonds is 5. The number of benzene rings is 1. The molecule has 0 saturated carbocycles. The number of hydrogen-bond acceptors (Lipinski definition) is 4. The normalized spacial score (nSPS) is 10.2. The highest BCUT2D eigenvalue weighted by Crippen LogP contribution is 2.23. The summed E-state index contributed by atoms with van der Waals surface area (Å²) in [6.45, 7) is 0.557. The molecule has 2 rings (SSSR count). The van der Waals surface area contributed by atoms with Crippen molar-refractivity contribution in [1.29, 1.82) is 0 Å². The molecule has 100 valence electrons. The van der Waals surface area contributed by atoms with Crippen molar-refractivity contribution in [3.05, 3.63) is 44.8 Å². The molecule has 6 heteroatoms. The Hall–Kier alpha value is -1.40. The maximum Gasteiger partial charge on any atom is 0.255 e. The number of halogens is 1. The van der Waals surface area contributed by atoms with Crippen LogP contribution in [0.5, 0.6) is 5.75 Å². The van der Waals surface area contributed by atoms with Crippen LogP contribution < -0.4 is 10.1 Å². The largest absolute Gasteiger partial charge is 0.496 e. The molecular weight excluding hydrogens is 328 g/mol. The molecule has 1 amide bonds. The molecule has 0 spiro atoms. The smallest absolute Gasteiger partial charge is 0.255 e. The van der Waals surface area contributed by atoms with Crippen molar-refractivity contribution in [3.63, 3.8) is 0 Å². The Labute approximate surface area is 124 Å². The predicted octanol–water partition coefficient (Wildman–Crippen LogP) is 2.89. The van der Waals surface area contributed by atoms with E-state index in [1.54, 1.807) is 36.1 Å². The monoisotopic (exact) mass is 340 g/mol. The minimum atomic E-state index is -0.139. The molecule has 1 aromatic carbocycles. The first-order valence-corrected chi connectivity index (χ1v) is 7.43. The van der Waals surface area contributed by atoms with E-state index in [4.69, 9.17) is 4.74 Å². The Balaban J connectivity index is 1.96. The van der Waals surface area contributed by atoms with Crippen molar-refractivity contribution in [1.82, 2.24) is 10.3 Å². The van der Waals surface area contributed by atoms with Crippen LogP contribution >= 0.6 is 27.3 Å². The van der Waals surface area contributed by atoms with Crippen LogP contribution in [0.2, 0.25) is 0 Å². The third-order valence-electron chi connectivity index (χ3n) is 2.56. The highest BCUT2D eigenvalue weighted by Gasteiger charge is 2.12. The quantitative estimate of drug-likeness (QED) is 0.910. The number of nitrogens with zero attached hydrogens (tertiary/aromatic N) is 1. The minimum absolute atomic E-state index is 0.139. The van der Waals surface area contributed by atoms with Gasteiger partial charge in [-0.2, -0.15) is 0 Å². The highest BCUT2D eigenvalue weighted by molar-refractivity contribution is 9.10. The van der Waals surface area contributed by atoms with E-state index < -0.39 is 0 Å². The van der Waals surface area contributed by atoms with Crippen LogP contribution in [0.4, 0.5) is 0 Å². The highest BCUT2D eigenvalue weighted by atomic mass is 79.9. The first-order chi connectivity index (χ1) is 9.20. The van der Waals surface area contributed by atoms with Gasteiger partial charge < -0.3 is 10.1 Å². The van der Waals surface area contributed by atoms with Crippen molar-refractivity contribution in [3.8, 4) is 5.75 Å². The second-order valence-electron chi connectivity index (χ2n) is 3.83. The van der Waals surface area contributed by atoms with Crippen molar-refractivity contribution in [2.45, 2.75) is 6.42 Å². The van der Waals surface area contributed by atoms with Crippen LogP contribution in [0.15, 0.2) is 33.6 Å². The van der Waals surface area contributed by atoms with Crippen LogP contribution in [-0.4, -0.2) is 24.5 Å². The fourth-order valence-corrected chi connectivity index (χ4v) is 2.55. The van der Waals surface area contributed by atoms with Gasteiger partial charge in [-0.25, -0.2) is 4.98 Å². The number of carbonyl (C=O) groups excluding carboxylic acids is 1. The van der Waals surface area contributed by atoms with E-state index in [-0.39, 0.29) is 5.91 Å². The molecule has 0 aliphatic carbocycles. The summed E-state index contributed by atoms with van der Waals surface area (Å²) in [5, 5.41) is 4.84. The summed E-state index contributed by atoms with van der Waals surface area (Å²) in [6.07, 6.45) is 0.730. The van der Waals surface area contributed by atoms with E-state index in [0.717, 1.165) is 16.6 Å². The number of carbonyl (C=O) groups is 1. The van der Waals surface area contributed by atoms with Crippen LogP contribution in [0.3, 0.4) is 0 Å². The Kier molecular flexibility index (Phi) is 4.93. The van der Waals surface area contributed by atoms with Gasteiger partial charge in [-0.1, -0.05) is 15.9 Å². The standard InChI is InChI=1S/C13H13BrN2O2S/c1-18-12-6-9(14)2-3-11(12)13(17)15-5-4-10-7-19-8-16-10/h2-3,6-8H,4-5H2,1H3,(H,15,17). The molecule has 19 heavy (non-hydrogen) atoms. The van der Waals surface area contributed by atoms with Crippen molar-refractivity contribution >= 4 is 33.2 Å². The van der Waals surface area contributed by atoms with Gasteiger partial charge in [0.25, 0.3) is 5.91 Å². The summed E-state index contributed by atoms with van der Waals surface area (Å²) in [5.74, 6) is 0.417. The number of ether oxygens (including phenoxy) is 1. The van der Waals surface area contributed by atoms with Crippen LogP contribution in [0, 0.1) is 0 Å². The number of hydrogen-bond donors (Lipinski definition) is 1. The third-order valence-corrected chi connectivity index (χ3v) is 3.69. The summed E-state index contributed by atoms with van der Waals surface area (Å²) < 4.78 is 6.08. The van der Waals surface area contributed by atoms with Gasteiger partial charge in [0.15, 0.2) is 0 Å². The lowest BCUT2D eigenvalue weighted by molar-refractivity contribution is 0.0951. The second-order valence-corrected chi connectivity index (χ2v) is 5.46. The molecule has 0 aliphatic rings. The lowest BCUT2D eigenvalue weighted by atomic mass is 10.2. The molecule has 1 heterocycles. The molecule has 1 N–H and O–H groups in total. The van der Waals surface area contributed by atoms with E-state index in [0.29, 0.717) is 17.9 Å². The van der Waals surface area contributed by atoms with Gasteiger partial charge in [0.05, 0.1) is 23.9 Å². The van der Waals surface area contributed by atoms with E-state index in [2.05, 4.69) is 26.2 Å². The predicted molar refractivity (Wildman–Crippen MR) is 78.8 cm³/mol. The molecule has 0 atom stereocenters. The lowest BCUT2D eigenvalue weighted by Crippen LogP contribution is -2.26. The molecule has 0 radical (unpaired) electrons. The molecule has 0 aliphatic heterocycles. The van der Waals surface area contributed by atoms with E-state index in [1.807, 2.05) is 11.4 Å². The average Bonchev–Trinajstić information content (AvgIpc) is 2.91. The van der Waals surface area contributed by atoms with Gasteiger partial charge in [-0.15, -0.1) is 11.3 Å². The van der Waals surface area contributed by atoms with E-state index in [1.165, 1.54) is 0 Å². The van der Waals surface area contributed by atoms with E-state index >= 15 is 0 Å². The number of nitrogens with one attached hydrogen (secondary N) is 1. The molecule has 2 aromatic rings. The van der Waals surface area contributed by atoms with Gasteiger partial charge in [0, 0.05) is 22.8 Å². The Morgan fingerprint density at radius 2 is 2.37 bits per heavy atom. The fraction of sp³-hybridized carbons (Fsp3) is 0.231. The summed E-state index contributed by atoms with van der Waals surface area (Å²) in [6, 6.07) is 5.33. The molecule has 0 fully saturated rings. The second kappa shape index (κ2) is 6.68. The molecule has 4 nitrogen and oxygen atoms in total. The Morgan fingerprint density at radius 3 is 3.05 bits per heavy atom. The first kappa shape index (κ1) is 14.0. The fourth-order valence-electron chi connectivity index (χ4n) is 1.61. The SMILES string of the molecule is COc1cc(Br)ccc1C(=O)NCCc1cscn1. The molecule has 0 unspecified atom stereocenters. The zero-order valence-corrected chi connectivity index (χ0v) is 12.8. The summed E-state index contributed by atoms with van der Waals surface area (Å²) in [4.78, 5) is 16.2. The first-order valence-electron chi connectivity index (χ1n) is 5.69. The van der Waals surface area contributed by atoms with Crippen molar-refractivity contribution < 1.29 is 9.53 Å². The van der Waals surface area contributed by atoms with Crippen molar-refractivity contribution in [2.75, 3.05) is 13.7 Å². The maximum absolute atomic E-state index is 12.0. The number of amides is 1. The maximum atomic E-state index is 12.0. The summed E-state index contributed by atoms with van der Waals surface area (Å²) in [5.41, 5.74) is 3.31. The van der Waals surface area contributed by atoms with Crippen LogP contribution in [0.1, 0.15) is 16.1 Å². The number of thiazole rings is 1. The average molecular weight is 341 g/mol. The molecule has 0 bridgehead atoms. The van der Waals surface area contributed by atoms with Gasteiger partial charge in [-0.3, -0.25) is 4.79 Å². The topological polar surface area (TPSA) is 51.2 Å². The van der Waals surface area contributed by atoms with Gasteiger partial charge >= 0.3 is 0 Å². The molecule has 0 saturated heterocycles. The number of aromatic nitrogens is 1. The van der Waals surface area contributed by atoms with Gasteiger partial charge in [0.2, 0.25) is 0 Å². The Morgan fingerprint density at radius 1 is 1.53 bits per heavy atom. The molecule has 1 aromatic heterocycles. The Bertz CT molecular complexity index is 558. The zero-order valence-electron chi connectivity index (χ0n) is 10.4. The van der Waals surface area contributed by atoms with Crippen molar-refractivity contribution in [2.24, 2.45) is 0 Å².